The Hall–Kier alpha value is -3.33. The number of carbonyl (C=O) groups is 3. The van der Waals surface area contributed by atoms with Gasteiger partial charge in [-0.2, -0.15) is 0 Å². The minimum atomic E-state index is -1.15. The van der Waals surface area contributed by atoms with Crippen LogP contribution in [0.15, 0.2) is 36.4 Å². The predicted octanol–water partition coefficient (Wildman–Crippen LogP) is 3.34. The Labute approximate surface area is 197 Å². The van der Waals surface area contributed by atoms with Crippen molar-refractivity contribution in [1.29, 1.82) is 0 Å². The molecule has 0 aliphatic carbocycles. The zero-order valence-corrected chi connectivity index (χ0v) is 19.6. The minimum Gasteiger partial charge on any atom is -0.380 e. The van der Waals surface area contributed by atoms with Crippen LogP contribution in [-0.4, -0.2) is 31.4 Å². The topological polar surface area (TPSA) is 96.5 Å². The zero-order chi connectivity index (χ0) is 25.0. The van der Waals surface area contributed by atoms with E-state index in [0.29, 0.717) is 12.2 Å². The van der Waals surface area contributed by atoms with Crippen molar-refractivity contribution in [2.75, 3.05) is 19.0 Å². The number of amides is 3. The van der Waals surface area contributed by atoms with Crippen molar-refractivity contribution in [2.24, 2.45) is 5.92 Å². The van der Waals surface area contributed by atoms with Gasteiger partial charge in [-0.1, -0.05) is 45.0 Å². The number of benzene rings is 2. The van der Waals surface area contributed by atoms with Gasteiger partial charge in [-0.05, 0) is 28.7 Å². The molecule has 2 atom stereocenters. The Kier molecular flexibility index (Phi) is 7.66. The van der Waals surface area contributed by atoms with E-state index in [9.17, 15) is 23.2 Å². The molecule has 1 saturated heterocycles. The monoisotopic (exact) mass is 473 g/mol. The number of carbonyl (C=O) groups excluding carboxylic acids is 3. The molecule has 0 aromatic heterocycles. The Morgan fingerprint density at radius 1 is 1.15 bits per heavy atom. The van der Waals surface area contributed by atoms with Crippen molar-refractivity contribution in [3.63, 3.8) is 0 Å². The quantitative estimate of drug-likeness (QED) is 0.575. The molecule has 182 valence electrons. The first-order chi connectivity index (χ1) is 16.0. The number of ether oxygens (including phenoxy) is 1. The highest BCUT2D eigenvalue weighted by molar-refractivity contribution is 5.99. The normalized spacial score (nSPS) is 16.6. The highest BCUT2D eigenvalue weighted by atomic mass is 19.1. The van der Waals surface area contributed by atoms with Crippen LogP contribution in [0.2, 0.25) is 0 Å². The first-order valence-electron chi connectivity index (χ1n) is 10.9. The second-order valence-corrected chi connectivity index (χ2v) is 9.38. The number of hydrogen-bond donors (Lipinski definition) is 3. The minimum absolute atomic E-state index is 0.0254. The molecule has 0 spiro atoms. The van der Waals surface area contributed by atoms with Gasteiger partial charge < -0.3 is 20.7 Å². The average molecular weight is 474 g/mol. The number of hydrogen-bond acceptors (Lipinski definition) is 4. The maximum atomic E-state index is 14.6. The van der Waals surface area contributed by atoms with Gasteiger partial charge in [0.25, 0.3) is 5.91 Å². The van der Waals surface area contributed by atoms with Crippen LogP contribution < -0.4 is 16.0 Å². The standard InChI is InChI=1S/C25H29F2N3O4/c1-25(2,3)21-18(26)10-17(11-19(21)27)29-24(33)22(15-7-5-14(6-8-15)13-34-4)30-23(32)16-9-20(31)28-12-16/h5-8,10-11,16,22H,9,12-13H2,1-4H3,(H,28,31)(H,29,33)(H,30,32)/t16-,22?/m1/s1. The van der Waals surface area contributed by atoms with Gasteiger partial charge >= 0.3 is 0 Å². The lowest BCUT2D eigenvalue weighted by molar-refractivity contribution is -0.129. The van der Waals surface area contributed by atoms with Gasteiger partial charge in [0.15, 0.2) is 0 Å². The maximum absolute atomic E-state index is 14.6. The third-order valence-electron chi connectivity index (χ3n) is 5.58. The smallest absolute Gasteiger partial charge is 0.251 e. The van der Waals surface area contributed by atoms with Crippen LogP contribution in [0.3, 0.4) is 0 Å². The van der Waals surface area contributed by atoms with E-state index in [1.165, 1.54) is 0 Å². The van der Waals surface area contributed by atoms with Crippen LogP contribution in [-0.2, 0) is 31.1 Å². The van der Waals surface area contributed by atoms with E-state index in [4.69, 9.17) is 4.74 Å². The van der Waals surface area contributed by atoms with Crippen LogP contribution in [0.5, 0.6) is 0 Å². The van der Waals surface area contributed by atoms with Gasteiger partial charge in [-0.15, -0.1) is 0 Å². The van der Waals surface area contributed by atoms with Crippen molar-refractivity contribution in [1.82, 2.24) is 10.6 Å². The molecule has 0 saturated carbocycles. The molecule has 3 amide bonds. The van der Waals surface area contributed by atoms with Crippen molar-refractivity contribution in [2.45, 2.75) is 45.3 Å². The molecular weight excluding hydrogens is 444 g/mol. The van der Waals surface area contributed by atoms with Gasteiger partial charge in [-0.3, -0.25) is 14.4 Å². The summed E-state index contributed by atoms with van der Waals surface area (Å²) in [5.74, 6) is -3.55. The van der Waals surface area contributed by atoms with Crippen LogP contribution >= 0.6 is 0 Å². The summed E-state index contributed by atoms with van der Waals surface area (Å²) in [7, 11) is 1.56. The molecule has 1 aliphatic rings. The van der Waals surface area contributed by atoms with E-state index in [1.807, 2.05) is 0 Å². The van der Waals surface area contributed by atoms with Crippen LogP contribution in [0, 0.1) is 17.6 Å². The van der Waals surface area contributed by atoms with E-state index in [-0.39, 0.29) is 30.1 Å². The molecule has 2 aromatic carbocycles. The first kappa shape index (κ1) is 25.3. The fraction of sp³-hybridized carbons (Fsp3) is 0.400. The largest absolute Gasteiger partial charge is 0.380 e. The SMILES string of the molecule is COCc1ccc(C(NC(=O)[C@H]2CNC(=O)C2)C(=O)Nc2cc(F)c(C(C)(C)C)c(F)c2)cc1. The molecule has 3 N–H and O–H groups in total. The molecule has 7 nitrogen and oxygen atoms in total. The summed E-state index contributed by atoms with van der Waals surface area (Å²) in [5, 5.41) is 7.76. The van der Waals surface area contributed by atoms with E-state index in [0.717, 1.165) is 17.7 Å². The Morgan fingerprint density at radius 2 is 1.76 bits per heavy atom. The fourth-order valence-electron chi connectivity index (χ4n) is 3.90. The third-order valence-corrected chi connectivity index (χ3v) is 5.58. The number of halogens is 2. The zero-order valence-electron chi connectivity index (χ0n) is 19.6. The molecule has 34 heavy (non-hydrogen) atoms. The second kappa shape index (κ2) is 10.3. The summed E-state index contributed by atoms with van der Waals surface area (Å²) in [5.41, 5.74) is 0.423. The molecule has 2 aromatic rings. The summed E-state index contributed by atoms with van der Waals surface area (Å²) in [6.45, 7) is 5.62. The van der Waals surface area contributed by atoms with Crippen molar-refractivity contribution in [3.8, 4) is 0 Å². The summed E-state index contributed by atoms with van der Waals surface area (Å²) in [4.78, 5) is 37.4. The van der Waals surface area contributed by atoms with Gasteiger partial charge in [0.2, 0.25) is 11.8 Å². The van der Waals surface area contributed by atoms with Crippen molar-refractivity contribution >= 4 is 23.4 Å². The molecule has 1 fully saturated rings. The van der Waals surface area contributed by atoms with Gasteiger partial charge in [-0.25, -0.2) is 8.78 Å². The lowest BCUT2D eigenvalue weighted by Crippen LogP contribution is -2.40. The van der Waals surface area contributed by atoms with Gasteiger partial charge in [0.05, 0.1) is 12.5 Å². The summed E-state index contributed by atoms with van der Waals surface area (Å²) < 4.78 is 34.4. The molecule has 1 heterocycles. The Morgan fingerprint density at radius 3 is 2.26 bits per heavy atom. The second-order valence-electron chi connectivity index (χ2n) is 9.38. The number of rotatable bonds is 7. The van der Waals surface area contributed by atoms with Crippen molar-refractivity contribution in [3.05, 3.63) is 64.7 Å². The Balaban J connectivity index is 1.87. The average Bonchev–Trinajstić information content (AvgIpc) is 3.17. The highest BCUT2D eigenvalue weighted by Crippen LogP contribution is 2.30. The summed E-state index contributed by atoms with van der Waals surface area (Å²) in [6.07, 6.45) is 0.0254. The van der Waals surface area contributed by atoms with Crippen LogP contribution in [0.25, 0.3) is 0 Å². The fourth-order valence-corrected chi connectivity index (χ4v) is 3.90. The highest BCUT2D eigenvalue weighted by Gasteiger charge is 2.32. The summed E-state index contributed by atoms with van der Waals surface area (Å²) >= 11 is 0. The van der Waals surface area contributed by atoms with Crippen molar-refractivity contribution < 1.29 is 27.9 Å². The van der Waals surface area contributed by atoms with Gasteiger partial charge in [0.1, 0.15) is 17.7 Å². The third kappa shape index (κ3) is 5.96. The van der Waals surface area contributed by atoms with E-state index < -0.39 is 40.8 Å². The lowest BCUT2D eigenvalue weighted by Gasteiger charge is -2.23. The van der Waals surface area contributed by atoms with E-state index in [2.05, 4.69) is 16.0 Å². The summed E-state index contributed by atoms with van der Waals surface area (Å²) in [6, 6.07) is 7.81. The molecule has 0 bridgehead atoms. The molecule has 3 rings (SSSR count). The first-order valence-corrected chi connectivity index (χ1v) is 10.9. The maximum Gasteiger partial charge on any atom is 0.251 e. The lowest BCUT2D eigenvalue weighted by atomic mass is 9.86. The molecule has 1 aliphatic heterocycles. The van der Waals surface area contributed by atoms with E-state index in [1.54, 1.807) is 52.1 Å². The van der Waals surface area contributed by atoms with Crippen LogP contribution in [0.1, 0.15) is 49.9 Å². The number of anilines is 1. The van der Waals surface area contributed by atoms with Crippen LogP contribution in [0.4, 0.5) is 14.5 Å². The number of nitrogens with one attached hydrogen (secondary N) is 3. The predicted molar refractivity (Wildman–Crippen MR) is 123 cm³/mol. The molecule has 1 unspecified atom stereocenters. The van der Waals surface area contributed by atoms with E-state index >= 15 is 0 Å². The molecular formula is C25H29F2N3O4. The Bertz CT molecular complexity index is 1060. The number of methoxy groups -OCH3 is 1. The molecule has 0 radical (unpaired) electrons. The molecule has 9 heteroatoms. The van der Waals surface area contributed by atoms with Gasteiger partial charge in [0, 0.05) is 31.3 Å².